The number of rotatable bonds is 9. The lowest BCUT2D eigenvalue weighted by Gasteiger charge is -2.13. The standard InChI is InChI=1S/C24H29ClN2O4/c1-6-11-31-23-20(25)12-17(13-21(23)30-5)8-10-22(28)27-18-9-7-16(4)19(14-18)24(29)26-15(2)3/h7-10,12-15H,6,11H2,1-5H3,(H,26,29)(H,27,28)/b10-8+. The summed E-state index contributed by atoms with van der Waals surface area (Å²) in [6.45, 7) is 8.18. The van der Waals surface area contributed by atoms with E-state index in [1.54, 1.807) is 36.4 Å². The van der Waals surface area contributed by atoms with Gasteiger partial charge in [-0.3, -0.25) is 9.59 Å². The molecule has 0 unspecified atom stereocenters. The minimum atomic E-state index is -0.333. The lowest BCUT2D eigenvalue weighted by Crippen LogP contribution is -2.30. The fourth-order valence-corrected chi connectivity index (χ4v) is 3.09. The lowest BCUT2D eigenvalue weighted by atomic mass is 10.1. The molecule has 0 fully saturated rings. The predicted molar refractivity (Wildman–Crippen MR) is 125 cm³/mol. The third-order valence-electron chi connectivity index (χ3n) is 4.30. The zero-order valence-electron chi connectivity index (χ0n) is 18.5. The predicted octanol–water partition coefficient (Wildman–Crippen LogP) is 5.24. The number of amides is 2. The molecule has 0 aliphatic heterocycles. The van der Waals surface area contributed by atoms with E-state index in [4.69, 9.17) is 21.1 Å². The Labute approximate surface area is 188 Å². The molecule has 31 heavy (non-hydrogen) atoms. The molecule has 2 aromatic carbocycles. The van der Waals surface area contributed by atoms with Gasteiger partial charge >= 0.3 is 0 Å². The van der Waals surface area contributed by atoms with E-state index >= 15 is 0 Å². The number of nitrogens with one attached hydrogen (secondary N) is 2. The van der Waals surface area contributed by atoms with Crippen LogP contribution in [0.2, 0.25) is 5.02 Å². The maximum atomic E-state index is 12.4. The van der Waals surface area contributed by atoms with E-state index in [0.717, 1.165) is 12.0 Å². The largest absolute Gasteiger partial charge is 0.493 e. The van der Waals surface area contributed by atoms with Crippen LogP contribution in [0.15, 0.2) is 36.4 Å². The number of methoxy groups -OCH3 is 1. The lowest BCUT2D eigenvalue weighted by molar-refractivity contribution is -0.111. The summed E-state index contributed by atoms with van der Waals surface area (Å²) >= 11 is 6.31. The number of hydrogen-bond acceptors (Lipinski definition) is 4. The average molecular weight is 445 g/mol. The number of ether oxygens (including phenoxy) is 2. The van der Waals surface area contributed by atoms with Crippen LogP contribution in [0.1, 0.15) is 48.7 Å². The van der Waals surface area contributed by atoms with Crippen molar-refractivity contribution >= 4 is 35.2 Å². The first-order valence-electron chi connectivity index (χ1n) is 10.2. The van der Waals surface area contributed by atoms with Gasteiger partial charge in [0.2, 0.25) is 5.91 Å². The van der Waals surface area contributed by atoms with E-state index in [0.29, 0.717) is 39.9 Å². The molecule has 0 heterocycles. The summed E-state index contributed by atoms with van der Waals surface area (Å²) in [5, 5.41) is 6.05. The minimum absolute atomic E-state index is 0.0238. The molecule has 2 aromatic rings. The van der Waals surface area contributed by atoms with Crippen molar-refractivity contribution < 1.29 is 19.1 Å². The van der Waals surface area contributed by atoms with Crippen molar-refractivity contribution in [2.24, 2.45) is 0 Å². The molecule has 0 radical (unpaired) electrons. The first-order chi connectivity index (χ1) is 14.7. The van der Waals surface area contributed by atoms with Crippen molar-refractivity contribution in [2.45, 2.75) is 40.2 Å². The van der Waals surface area contributed by atoms with Gasteiger partial charge < -0.3 is 20.1 Å². The number of anilines is 1. The van der Waals surface area contributed by atoms with E-state index in [1.807, 2.05) is 27.7 Å². The van der Waals surface area contributed by atoms with E-state index in [1.165, 1.54) is 13.2 Å². The van der Waals surface area contributed by atoms with E-state index in [9.17, 15) is 9.59 Å². The molecule has 6 nitrogen and oxygen atoms in total. The van der Waals surface area contributed by atoms with Crippen LogP contribution in [-0.4, -0.2) is 31.6 Å². The highest BCUT2D eigenvalue weighted by Gasteiger charge is 2.13. The molecular weight excluding hydrogens is 416 g/mol. The van der Waals surface area contributed by atoms with Crippen molar-refractivity contribution in [1.82, 2.24) is 5.32 Å². The van der Waals surface area contributed by atoms with Gasteiger partial charge in [-0.2, -0.15) is 0 Å². The normalized spacial score (nSPS) is 10.9. The molecule has 2 N–H and O–H groups in total. The van der Waals surface area contributed by atoms with Crippen LogP contribution in [0.5, 0.6) is 11.5 Å². The van der Waals surface area contributed by atoms with Crippen molar-refractivity contribution in [3.8, 4) is 11.5 Å². The molecule has 7 heteroatoms. The Balaban J connectivity index is 2.14. The first-order valence-corrected chi connectivity index (χ1v) is 10.5. The van der Waals surface area contributed by atoms with Gasteiger partial charge in [-0.05, 0) is 68.7 Å². The Morgan fingerprint density at radius 2 is 1.94 bits per heavy atom. The maximum Gasteiger partial charge on any atom is 0.251 e. The summed E-state index contributed by atoms with van der Waals surface area (Å²) in [7, 11) is 1.54. The van der Waals surface area contributed by atoms with Gasteiger partial charge in [0.15, 0.2) is 11.5 Å². The van der Waals surface area contributed by atoms with Crippen molar-refractivity contribution in [1.29, 1.82) is 0 Å². The molecule has 0 aliphatic rings. The summed E-state index contributed by atoms with van der Waals surface area (Å²) < 4.78 is 11.0. The molecule has 0 bridgehead atoms. The Kier molecular flexibility index (Phi) is 8.94. The summed E-state index contributed by atoms with van der Waals surface area (Å²) in [6.07, 6.45) is 3.88. The van der Waals surface area contributed by atoms with Crippen LogP contribution in [0.4, 0.5) is 5.69 Å². The number of halogens is 1. The topological polar surface area (TPSA) is 76.7 Å². The zero-order chi connectivity index (χ0) is 23.0. The number of benzene rings is 2. The summed E-state index contributed by atoms with van der Waals surface area (Å²) in [5.41, 5.74) is 2.59. The fourth-order valence-electron chi connectivity index (χ4n) is 2.82. The second kappa shape index (κ2) is 11.4. The summed E-state index contributed by atoms with van der Waals surface area (Å²) in [4.78, 5) is 24.7. The number of aryl methyl sites for hydroxylation is 1. The second-order valence-electron chi connectivity index (χ2n) is 7.36. The molecule has 2 rings (SSSR count). The molecule has 166 valence electrons. The van der Waals surface area contributed by atoms with Crippen LogP contribution < -0.4 is 20.1 Å². The van der Waals surface area contributed by atoms with Gasteiger partial charge in [0.1, 0.15) is 0 Å². The Bertz CT molecular complexity index is 970. The van der Waals surface area contributed by atoms with E-state index in [-0.39, 0.29) is 17.9 Å². The van der Waals surface area contributed by atoms with Crippen molar-refractivity contribution in [3.63, 3.8) is 0 Å². The molecule has 2 amide bonds. The summed E-state index contributed by atoms with van der Waals surface area (Å²) in [5.74, 6) is 0.478. The number of carbonyl (C=O) groups is 2. The molecule has 0 saturated carbocycles. The van der Waals surface area contributed by atoms with Gasteiger partial charge in [0.25, 0.3) is 5.91 Å². The number of hydrogen-bond donors (Lipinski definition) is 2. The van der Waals surface area contributed by atoms with Gasteiger partial charge in [-0.1, -0.05) is 24.6 Å². The Morgan fingerprint density at radius 3 is 2.58 bits per heavy atom. The third-order valence-corrected chi connectivity index (χ3v) is 4.58. The average Bonchev–Trinajstić information content (AvgIpc) is 2.71. The van der Waals surface area contributed by atoms with Crippen LogP contribution in [0.3, 0.4) is 0 Å². The minimum Gasteiger partial charge on any atom is -0.493 e. The highest BCUT2D eigenvalue weighted by Crippen LogP contribution is 2.36. The van der Waals surface area contributed by atoms with E-state index < -0.39 is 0 Å². The summed E-state index contributed by atoms with van der Waals surface area (Å²) in [6, 6.07) is 8.70. The molecule has 0 spiro atoms. The zero-order valence-corrected chi connectivity index (χ0v) is 19.3. The SMILES string of the molecule is CCCOc1c(Cl)cc(/C=C/C(=O)Nc2ccc(C)c(C(=O)NC(C)C)c2)cc1OC. The second-order valence-corrected chi connectivity index (χ2v) is 7.77. The Hall–Kier alpha value is -2.99. The quantitative estimate of drug-likeness (QED) is 0.519. The van der Waals surface area contributed by atoms with Crippen LogP contribution in [-0.2, 0) is 4.79 Å². The molecule has 0 atom stereocenters. The fraction of sp³-hybridized carbons (Fsp3) is 0.333. The Morgan fingerprint density at radius 1 is 1.19 bits per heavy atom. The van der Waals surface area contributed by atoms with Crippen LogP contribution in [0.25, 0.3) is 6.08 Å². The highest BCUT2D eigenvalue weighted by atomic mass is 35.5. The van der Waals surface area contributed by atoms with Gasteiger partial charge in [0.05, 0.1) is 18.7 Å². The molecule has 0 aliphatic carbocycles. The van der Waals surface area contributed by atoms with Gasteiger partial charge in [-0.15, -0.1) is 0 Å². The molecule has 0 saturated heterocycles. The van der Waals surface area contributed by atoms with E-state index in [2.05, 4.69) is 10.6 Å². The van der Waals surface area contributed by atoms with Gasteiger partial charge in [-0.25, -0.2) is 0 Å². The maximum absolute atomic E-state index is 12.4. The highest BCUT2D eigenvalue weighted by molar-refractivity contribution is 6.32. The van der Waals surface area contributed by atoms with Crippen LogP contribution in [0, 0.1) is 6.92 Å². The third kappa shape index (κ3) is 7.03. The smallest absolute Gasteiger partial charge is 0.251 e. The first kappa shape index (κ1) is 24.3. The monoisotopic (exact) mass is 444 g/mol. The van der Waals surface area contributed by atoms with Crippen molar-refractivity contribution in [3.05, 3.63) is 58.1 Å². The van der Waals surface area contributed by atoms with Crippen molar-refractivity contribution in [2.75, 3.05) is 19.0 Å². The number of carbonyl (C=O) groups excluding carboxylic acids is 2. The van der Waals surface area contributed by atoms with Crippen LogP contribution >= 0.6 is 11.6 Å². The molecule has 0 aromatic heterocycles. The van der Waals surface area contributed by atoms with Gasteiger partial charge in [0, 0.05) is 23.4 Å². The molecular formula is C24H29ClN2O4.